The summed E-state index contributed by atoms with van der Waals surface area (Å²) in [4.78, 5) is 3.38. The molecular weight excluding hydrogens is 271 g/mol. The molecule has 0 N–H and O–H groups in total. The number of hydrogen-bond acceptors (Lipinski definition) is 3. The lowest BCUT2D eigenvalue weighted by Gasteiger charge is -2.17. The number of aromatic nitrogens is 4. The molecule has 0 saturated heterocycles. The van der Waals surface area contributed by atoms with Crippen molar-refractivity contribution in [2.75, 3.05) is 0 Å². The van der Waals surface area contributed by atoms with Gasteiger partial charge < -0.3 is 0 Å². The Bertz CT molecular complexity index is 563. The zero-order valence-corrected chi connectivity index (χ0v) is 8.47. The van der Waals surface area contributed by atoms with E-state index in [2.05, 4.69) is 15.2 Å². The number of alkyl halides is 5. The molecule has 92 valence electrons. The fourth-order valence-corrected chi connectivity index (χ4v) is 1.25. The molecule has 0 radical (unpaired) electrons. The maximum atomic E-state index is 13.0. The molecule has 4 nitrogen and oxygen atoms in total. The molecule has 17 heavy (non-hydrogen) atoms. The van der Waals surface area contributed by atoms with E-state index in [1.54, 1.807) is 0 Å². The molecule has 0 unspecified atom stereocenters. The van der Waals surface area contributed by atoms with E-state index in [1.165, 1.54) is 0 Å². The third-order valence-corrected chi connectivity index (χ3v) is 2.11. The van der Waals surface area contributed by atoms with Gasteiger partial charge in [0.2, 0.25) is 5.82 Å². The van der Waals surface area contributed by atoms with Crippen molar-refractivity contribution >= 4 is 17.2 Å². The Labute approximate surface area is 95.0 Å². The topological polar surface area (TPSA) is 43.1 Å². The van der Waals surface area contributed by atoms with Crippen LogP contribution in [0.25, 0.3) is 5.65 Å². The minimum Gasteiger partial charge on any atom is -0.264 e. The summed E-state index contributed by atoms with van der Waals surface area (Å²) < 4.78 is 62.8. The normalized spacial score (nSPS) is 13.3. The summed E-state index contributed by atoms with van der Waals surface area (Å²) in [6.45, 7) is 0. The van der Waals surface area contributed by atoms with Gasteiger partial charge >= 0.3 is 12.1 Å². The number of hydrogen-bond donors (Lipinski definition) is 0. The van der Waals surface area contributed by atoms with Crippen molar-refractivity contribution in [2.45, 2.75) is 12.1 Å². The molecular formula is C7H2ClF5N4. The van der Waals surface area contributed by atoms with Crippen LogP contribution in [-0.2, 0) is 5.92 Å². The molecule has 0 spiro atoms. The van der Waals surface area contributed by atoms with Gasteiger partial charge in [-0.05, 0) is 0 Å². The van der Waals surface area contributed by atoms with Gasteiger partial charge in [-0.1, -0.05) is 11.6 Å². The van der Waals surface area contributed by atoms with Crippen LogP contribution in [0.4, 0.5) is 22.0 Å². The highest BCUT2D eigenvalue weighted by atomic mass is 35.5. The zero-order chi connectivity index (χ0) is 12.8. The highest BCUT2D eigenvalue weighted by Gasteiger charge is 2.62. The Morgan fingerprint density at radius 2 is 1.76 bits per heavy atom. The lowest BCUT2D eigenvalue weighted by Crippen LogP contribution is -2.35. The lowest BCUT2D eigenvalue weighted by atomic mass is 10.3. The fourth-order valence-electron chi connectivity index (χ4n) is 1.11. The molecule has 0 aliphatic carbocycles. The van der Waals surface area contributed by atoms with Gasteiger partial charge in [0.05, 0.1) is 0 Å². The number of rotatable bonds is 1. The van der Waals surface area contributed by atoms with E-state index in [4.69, 9.17) is 11.6 Å². The summed E-state index contributed by atoms with van der Waals surface area (Å²) in [5.74, 6) is -6.66. The Morgan fingerprint density at radius 3 is 2.35 bits per heavy atom. The molecule has 0 bridgehead atoms. The van der Waals surface area contributed by atoms with Crippen molar-refractivity contribution in [3.63, 3.8) is 0 Å². The van der Waals surface area contributed by atoms with Crippen LogP contribution in [0.2, 0.25) is 5.15 Å². The second-order valence-electron chi connectivity index (χ2n) is 3.04. The monoisotopic (exact) mass is 272 g/mol. The first-order chi connectivity index (χ1) is 7.73. The van der Waals surface area contributed by atoms with Gasteiger partial charge in [0.25, 0.3) is 0 Å². The molecule has 10 heteroatoms. The molecule has 2 heterocycles. The maximum Gasteiger partial charge on any atom is 0.461 e. The smallest absolute Gasteiger partial charge is 0.264 e. The Balaban J connectivity index is 2.65. The maximum absolute atomic E-state index is 13.0. The standard InChI is InChI=1S/C7H2ClF5N4/c8-3-1-4-15-16-5(17(4)2-14-3)6(9,10)7(11,12)13/h1-2H. The van der Waals surface area contributed by atoms with Gasteiger partial charge in [-0.25, -0.2) is 4.98 Å². The highest BCUT2D eigenvalue weighted by molar-refractivity contribution is 6.29. The third kappa shape index (κ3) is 1.79. The summed E-state index contributed by atoms with van der Waals surface area (Å²) in [5.41, 5.74) is -0.246. The average molecular weight is 273 g/mol. The zero-order valence-electron chi connectivity index (χ0n) is 7.71. The van der Waals surface area contributed by atoms with Crippen LogP contribution in [0.15, 0.2) is 12.4 Å². The van der Waals surface area contributed by atoms with Gasteiger partial charge in [0, 0.05) is 6.07 Å². The van der Waals surface area contributed by atoms with Crippen LogP contribution in [0, 0.1) is 0 Å². The second-order valence-corrected chi connectivity index (χ2v) is 3.42. The van der Waals surface area contributed by atoms with Crippen LogP contribution in [0.3, 0.4) is 0 Å². The van der Waals surface area contributed by atoms with Crippen LogP contribution < -0.4 is 0 Å². The van der Waals surface area contributed by atoms with Gasteiger partial charge in [0.1, 0.15) is 11.5 Å². The van der Waals surface area contributed by atoms with Crippen molar-refractivity contribution in [1.29, 1.82) is 0 Å². The predicted molar refractivity (Wildman–Crippen MR) is 45.7 cm³/mol. The van der Waals surface area contributed by atoms with E-state index < -0.39 is 17.9 Å². The van der Waals surface area contributed by atoms with E-state index in [0.717, 1.165) is 6.07 Å². The third-order valence-electron chi connectivity index (χ3n) is 1.90. The SMILES string of the molecule is FC(F)(F)C(F)(F)c1nnc2cc(Cl)ncn12. The average Bonchev–Trinajstić information content (AvgIpc) is 2.58. The summed E-state index contributed by atoms with van der Waals surface area (Å²) >= 11 is 5.43. The first-order valence-electron chi connectivity index (χ1n) is 4.05. The van der Waals surface area contributed by atoms with Crippen molar-refractivity contribution in [2.24, 2.45) is 0 Å². The van der Waals surface area contributed by atoms with Gasteiger partial charge in [-0.15, -0.1) is 10.2 Å². The van der Waals surface area contributed by atoms with Crippen molar-refractivity contribution < 1.29 is 22.0 Å². The molecule has 0 aliphatic rings. The molecule has 0 atom stereocenters. The van der Waals surface area contributed by atoms with Gasteiger partial charge in [-0.2, -0.15) is 22.0 Å². The Kier molecular flexibility index (Phi) is 2.45. The van der Waals surface area contributed by atoms with Crippen molar-refractivity contribution in [1.82, 2.24) is 19.6 Å². The summed E-state index contributed by atoms with van der Waals surface area (Å²) in [6, 6.07) is 1.02. The number of fused-ring (bicyclic) bond motifs is 1. The lowest BCUT2D eigenvalue weighted by molar-refractivity contribution is -0.292. The molecule has 0 fully saturated rings. The highest BCUT2D eigenvalue weighted by Crippen LogP contribution is 2.42. The predicted octanol–water partition coefficient (Wildman–Crippen LogP) is 2.43. The summed E-state index contributed by atoms with van der Waals surface area (Å²) in [7, 11) is 0. The Morgan fingerprint density at radius 1 is 1.12 bits per heavy atom. The van der Waals surface area contributed by atoms with Crippen LogP contribution in [-0.4, -0.2) is 25.8 Å². The number of halogens is 6. The van der Waals surface area contributed by atoms with Gasteiger partial charge in [-0.3, -0.25) is 4.40 Å². The number of nitrogens with zero attached hydrogens (tertiary/aromatic N) is 4. The molecule has 0 aromatic carbocycles. The quantitative estimate of drug-likeness (QED) is 0.591. The Hall–Kier alpha value is -1.51. The van der Waals surface area contributed by atoms with Crippen molar-refractivity contribution in [3.8, 4) is 0 Å². The van der Waals surface area contributed by atoms with E-state index in [0.29, 0.717) is 10.7 Å². The molecule has 2 rings (SSSR count). The molecule has 2 aromatic heterocycles. The fraction of sp³-hybridized carbons (Fsp3) is 0.286. The summed E-state index contributed by atoms with van der Waals surface area (Å²) in [5, 5.41) is 5.90. The van der Waals surface area contributed by atoms with Crippen molar-refractivity contribution in [3.05, 3.63) is 23.4 Å². The van der Waals surface area contributed by atoms with E-state index in [1.807, 2.05) is 0 Å². The first-order valence-corrected chi connectivity index (χ1v) is 4.42. The summed E-state index contributed by atoms with van der Waals surface area (Å²) in [6.07, 6.45) is -5.05. The molecule has 2 aromatic rings. The van der Waals surface area contributed by atoms with Crippen LogP contribution in [0.5, 0.6) is 0 Å². The first kappa shape index (κ1) is 12.0. The molecule has 0 amide bonds. The van der Waals surface area contributed by atoms with Gasteiger partial charge in [0.15, 0.2) is 5.65 Å². The minimum atomic E-state index is -5.75. The minimum absolute atomic E-state index is 0.0909. The molecule has 0 saturated carbocycles. The largest absolute Gasteiger partial charge is 0.461 e. The van der Waals surface area contributed by atoms with E-state index >= 15 is 0 Å². The van der Waals surface area contributed by atoms with Crippen LogP contribution in [0.1, 0.15) is 5.82 Å². The van der Waals surface area contributed by atoms with E-state index in [-0.39, 0.29) is 10.8 Å². The molecule has 0 aliphatic heterocycles. The van der Waals surface area contributed by atoms with Crippen LogP contribution >= 0.6 is 11.6 Å². The van der Waals surface area contributed by atoms with E-state index in [9.17, 15) is 22.0 Å². The second kappa shape index (κ2) is 3.49.